The predicted molar refractivity (Wildman–Crippen MR) is 105 cm³/mol. The maximum atomic E-state index is 12.4. The first-order valence-corrected chi connectivity index (χ1v) is 9.50. The molecule has 3 rings (SSSR count). The summed E-state index contributed by atoms with van der Waals surface area (Å²) in [6.45, 7) is 0.234. The van der Waals surface area contributed by atoms with Crippen LogP contribution in [0.1, 0.15) is 16.2 Å². The van der Waals surface area contributed by atoms with E-state index in [2.05, 4.69) is 10.2 Å². The van der Waals surface area contributed by atoms with Gasteiger partial charge < -0.3 is 14.0 Å². The van der Waals surface area contributed by atoms with E-state index in [9.17, 15) is 4.79 Å². The molecule has 0 radical (unpaired) electrons. The number of carbonyl (C=O) groups excluding carboxylic acids is 1. The van der Waals surface area contributed by atoms with Crippen LogP contribution >= 0.6 is 23.4 Å². The van der Waals surface area contributed by atoms with Crippen LogP contribution in [0.15, 0.2) is 53.7 Å². The van der Waals surface area contributed by atoms with Crippen LogP contribution in [0, 0.1) is 0 Å². The van der Waals surface area contributed by atoms with Crippen LogP contribution in [-0.4, -0.2) is 33.4 Å². The fourth-order valence-electron chi connectivity index (χ4n) is 2.31. The number of rotatable bonds is 8. The molecule has 140 valence electrons. The molecule has 27 heavy (non-hydrogen) atoms. The lowest BCUT2D eigenvalue weighted by atomic mass is 10.1. The van der Waals surface area contributed by atoms with Crippen LogP contribution in [0.25, 0.3) is 0 Å². The second-order valence-corrected chi connectivity index (χ2v) is 6.97. The van der Waals surface area contributed by atoms with Crippen molar-refractivity contribution in [2.24, 2.45) is 7.05 Å². The fraction of sp³-hybridized carbons (Fsp3) is 0.211. The van der Waals surface area contributed by atoms with Gasteiger partial charge in [-0.05, 0) is 24.3 Å². The number of hydrogen-bond acceptors (Lipinski definition) is 6. The van der Waals surface area contributed by atoms with Crippen molar-refractivity contribution in [2.45, 2.75) is 11.8 Å². The molecule has 0 spiro atoms. The largest absolute Gasteiger partial charge is 0.497 e. The third-order valence-corrected chi connectivity index (χ3v) is 5.18. The van der Waals surface area contributed by atoms with E-state index in [1.54, 1.807) is 48.1 Å². The van der Waals surface area contributed by atoms with Crippen molar-refractivity contribution in [2.75, 3.05) is 12.9 Å². The topological polar surface area (TPSA) is 66.2 Å². The molecule has 8 heteroatoms. The van der Waals surface area contributed by atoms with E-state index in [0.717, 1.165) is 0 Å². The minimum Gasteiger partial charge on any atom is -0.497 e. The molecule has 3 aromatic rings. The molecule has 1 aromatic heterocycles. The number of carbonyl (C=O) groups is 1. The summed E-state index contributed by atoms with van der Waals surface area (Å²) in [6.07, 6.45) is 0. The number of nitrogens with zero attached hydrogens (tertiary/aromatic N) is 3. The first-order valence-electron chi connectivity index (χ1n) is 8.14. The molecule has 0 bridgehead atoms. The highest BCUT2D eigenvalue weighted by molar-refractivity contribution is 7.99. The van der Waals surface area contributed by atoms with Crippen molar-refractivity contribution >= 4 is 29.1 Å². The van der Waals surface area contributed by atoms with Gasteiger partial charge in [-0.3, -0.25) is 4.79 Å². The molecule has 0 atom stereocenters. The molecule has 2 aromatic carbocycles. The lowest BCUT2D eigenvalue weighted by molar-refractivity contribution is 0.102. The van der Waals surface area contributed by atoms with Crippen molar-refractivity contribution < 1.29 is 14.3 Å². The molecule has 0 amide bonds. The maximum Gasteiger partial charge on any atom is 0.191 e. The number of ketones is 1. The highest BCUT2D eigenvalue weighted by Gasteiger charge is 2.14. The molecular weight excluding hydrogens is 386 g/mol. The zero-order chi connectivity index (χ0) is 19.2. The Labute approximate surface area is 166 Å². The molecule has 6 nitrogen and oxygen atoms in total. The summed E-state index contributed by atoms with van der Waals surface area (Å²) in [5, 5.41) is 9.45. The summed E-state index contributed by atoms with van der Waals surface area (Å²) in [4.78, 5) is 12.4. The minimum absolute atomic E-state index is 0.00392. The molecule has 0 aliphatic carbocycles. The molecule has 0 aliphatic rings. The fourth-order valence-corrected chi connectivity index (χ4v) is 3.33. The third kappa shape index (κ3) is 4.81. The molecule has 0 fully saturated rings. The Balaban J connectivity index is 1.60. The Hall–Kier alpha value is -2.51. The number of halogens is 1. The monoisotopic (exact) mass is 403 g/mol. The van der Waals surface area contributed by atoms with Gasteiger partial charge >= 0.3 is 0 Å². The number of ether oxygens (including phenoxy) is 2. The van der Waals surface area contributed by atoms with Gasteiger partial charge in [-0.1, -0.05) is 47.6 Å². The summed E-state index contributed by atoms with van der Waals surface area (Å²) in [5.41, 5.74) is 0.603. The molecule has 0 unspecified atom stereocenters. The minimum atomic E-state index is -0.00392. The van der Waals surface area contributed by atoms with Crippen LogP contribution in [0.3, 0.4) is 0 Å². The van der Waals surface area contributed by atoms with Gasteiger partial charge in [-0.15, -0.1) is 10.2 Å². The molecule has 0 aliphatic heterocycles. The van der Waals surface area contributed by atoms with E-state index in [0.29, 0.717) is 33.1 Å². The Kier molecular flexibility index (Phi) is 6.36. The van der Waals surface area contributed by atoms with E-state index in [4.69, 9.17) is 21.1 Å². The average Bonchev–Trinajstić information content (AvgIpc) is 3.05. The second kappa shape index (κ2) is 8.92. The SMILES string of the molecule is COc1cccc(C(=O)CSc2nnc(COc3ccccc3Cl)n2C)c1. The second-order valence-electron chi connectivity index (χ2n) is 5.62. The van der Waals surface area contributed by atoms with Gasteiger partial charge in [0.05, 0.1) is 17.9 Å². The summed E-state index contributed by atoms with van der Waals surface area (Å²) < 4.78 is 12.7. The number of aromatic nitrogens is 3. The molecular formula is C19H18ClN3O3S. The Morgan fingerprint density at radius 1 is 1.19 bits per heavy atom. The number of hydrogen-bond donors (Lipinski definition) is 0. The quantitative estimate of drug-likeness (QED) is 0.418. The van der Waals surface area contributed by atoms with Gasteiger partial charge in [0.15, 0.2) is 16.8 Å². The summed E-state index contributed by atoms with van der Waals surface area (Å²) in [7, 11) is 3.41. The van der Waals surface area contributed by atoms with Crippen LogP contribution in [0.2, 0.25) is 5.02 Å². The van der Waals surface area contributed by atoms with E-state index >= 15 is 0 Å². The van der Waals surface area contributed by atoms with E-state index in [1.165, 1.54) is 11.8 Å². The van der Waals surface area contributed by atoms with Gasteiger partial charge in [0, 0.05) is 12.6 Å². The van der Waals surface area contributed by atoms with Crippen molar-refractivity contribution in [1.29, 1.82) is 0 Å². The van der Waals surface area contributed by atoms with E-state index in [-0.39, 0.29) is 18.1 Å². The maximum absolute atomic E-state index is 12.4. The van der Waals surface area contributed by atoms with E-state index in [1.807, 2.05) is 19.2 Å². The predicted octanol–water partition coefficient (Wildman–Crippen LogP) is 4.03. The van der Waals surface area contributed by atoms with Crippen LogP contribution in [0.5, 0.6) is 11.5 Å². The number of thioether (sulfide) groups is 1. The smallest absolute Gasteiger partial charge is 0.191 e. The molecule has 0 N–H and O–H groups in total. The van der Waals surface area contributed by atoms with E-state index < -0.39 is 0 Å². The Bertz CT molecular complexity index is 945. The molecule has 1 heterocycles. The molecule has 0 saturated carbocycles. The van der Waals surface area contributed by atoms with Gasteiger partial charge in [0.1, 0.15) is 18.1 Å². The van der Waals surface area contributed by atoms with Crippen molar-refractivity contribution in [3.8, 4) is 11.5 Å². The standard InChI is InChI=1S/C19H18ClN3O3S/c1-23-18(11-26-17-9-4-3-8-15(17)20)21-22-19(23)27-12-16(24)13-6-5-7-14(10-13)25-2/h3-10H,11-12H2,1-2H3. The number of methoxy groups -OCH3 is 1. The average molecular weight is 404 g/mol. The van der Waals surface area contributed by atoms with Gasteiger partial charge in [-0.2, -0.15) is 0 Å². The summed E-state index contributed by atoms with van der Waals surface area (Å²) >= 11 is 7.41. The first kappa shape index (κ1) is 19.3. The zero-order valence-electron chi connectivity index (χ0n) is 14.9. The first-order chi connectivity index (χ1) is 13.1. The summed E-state index contributed by atoms with van der Waals surface area (Å²) in [5.74, 6) is 2.14. The highest BCUT2D eigenvalue weighted by atomic mass is 35.5. The van der Waals surface area contributed by atoms with Crippen molar-refractivity contribution in [1.82, 2.24) is 14.8 Å². The Morgan fingerprint density at radius 3 is 2.78 bits per heavy atom. The Morgan fingerprint density at radius 2 is 2.00 bits per heavy atom. The van der Waals surface area contributed by atoms with Crippen LogP contribution < -0.4 is 9.47 Å². The van der Waals surface area contributed by atoms with Gasteiger partial charge in [0.2, 0.25) is 0 Å². The van der Waals surface area contributed by atoms with Crippen LogP contribution in [0.4, 0.5) is 0 Å². The number of para-hydroxylation sites is 1. The zero-order valence-corrected chi connectivity index (χ0v) is 16.5. The third-order valence-electron chi connectivity index (χ3n) is 3.84. The normalized spacial score (nSPS) is 10.6. The lowest BCUT2D eigenvalue weighted by Crippen LogP contribution is -2.06. The number of benzene rings is 2. The van der Waals surface area contributed by atoms with Crippen molar-refractivity contribution in [3.63, 3.8) is 0 Å². The lowest BCUT2D eigenvalue weighted by Gasteiger charge is -2.08. The summed E-state index contributed by atoms with van der Waals surface area (Å²) in [6, 6.07) is 14.3. The van der Waals surface area contributed by atoms with Gasteiger partial charge in [-0.25, -0.2) is 0 Å². The van der Waals surface area contributed by atoms with Crippen LogP contribution in [-0.2, 0) is 13.7 Å². The molecule has 0 saturated heterocycles. The highest BCUT2D eigenvalue weighted by Crippen LogP contribution is 2.24. The van der Waals surface area contributed by atoms with Gasteiger partial charge in [0.25, 0.3) is 0 Å². The van der Waals surface area contributed by atoms with Crippen molar-refractivity contribution in [3.05, 3.63) is 64.9 Å². The number of Topliss-reactive ketones (excluding diaryl/α,β-unsaturated/α-hetero) is 1.